The Bertz CT molecular complexity index is 887. The molecule has 3 heterocycles. The molecule has 3 aliphatic rings. The van der Waals surface area contributed by atoms with E-state index in [2.05, 4.69) is 11.8 Å². The van der Waals surface area contributed by atoms with Crippen LogP contribution in [-0.2, 0) is 0 Å². The van der Waals surface area contributed by atoms with E-state index >= 15 is 0 Å². The molecule has 4 atom stereocenters. The number of hydrogen-bond acceptors (Lipinski definition) is 4. The zero-order valence-corrected chi connectivity index (χ0v) is 18.3. The predicted molar refractivity (Wildman–Crippen MR) is 118 cm³/mol. The molecule has 2 bridgehead atoms. The smallest absolute Gasteiger partial charge is 0.231 e. The van der Waals surface area contributed by atoms with Crippen LogP contribution in [0.3, 0.4) is 0 Å². The lowest BCUT2D eigenvalue weighted by molar-refractivity contribution is 0.0456. The molecule has 3 aliphatic heterocycles. The fourth-order valence-electron chi connectivity index (χ4n) is 5.79. The summed E-state index contributed by atoms with van der Waals surface area (Å²) in [5.41, 5.74) is 1.24. The van der Waals surface area contributed by atoms with Gasteiger partial charge in [0.2, 0.25) is 6.79 Å². The lowest BCUT2D eigenvalue weighted by Gasteiger charge is -2.45. The Kier molecular flexibility index (Phi) is 6.04. The van der Waals surface area contributed by atoms with Crippen LogP contribution in [0.2, 0.25) is 0 Å². The van der Waals surface area contributed by atoms with Gasteiger partial charge >= 0.3 is 0 Å². The zero-order valence-electron chi connectivity index (χ0n) is 18.3. The van der Waals surface area contributed by atoms with E-state index in [0.717, 1.165) is 23.7 Å². The molecule has 5 heteroatoms. The van der Waals surface area contributed by atoms with Gasteiger partial charge in [-0.2, -0.15) is 0 Å². The number of ether oxygens (including phenoxy) is 3. The summed E-state index contributed by atoms with van der Waals surface area (Å²) in [5.74, 6) is 2.95. The predicted octanol–water partition coefficient (Wildman–Crippen LogP) is 5.76. The summed E-state index contributed by atoms with van der Waals surface area (Å²) in [6.07, 6.45) is 7.41. The Balaban J connectivity index is 1.36. The number of rotatable bonds is 8. The molecular formula is C26H32FNO3. The van der Waals surface area contributed by atoms with E-state index in [9.17, 15) is 4.39 Å². The third-order valence-electron chi connectivity index (χ3n) is 7.33. The molecule has 0 aromatic heterocycles. The van der Waals surface area contributed by atoms with Crippen molar-refractivity contribution in [3.8, 4) is 17.2 Å². The van der Waals surface area contributed by atoms with Crippen molar-refractivity contribution in [1.82, 2.24) is 4.90 Å². The second kappa shape index (κ2) is 9.07. The maximum absolute atomic E-state index is 13.6. The summed E-state index contributed by atoms with van der Waals surface area (Å²) in [5, 5.41) is 0. The van der Waals surface area contributed by atoms with Crippen LogP contribution in [0.15, 0.2) is 42.5 Å². The van der Waals surface area contributed by atoms with Crippen molar-refractivity contribution in [2.45, 2.75) is 63.5 Å². The Morgan fingerprint density at radius 3 is 2.71 bits per heavy atom. The molecule has 0 saturated carbocycles. The molecule has 2 aromatic carbocycles. The molecule has 0 aliphatic carbocycles. The molecule has 2 saturated heterocycles. The molecule has 2 unspecified atom stereocenters. The Labute approximate surface area is 184 Å². The number of halogens is 1. The van der Waals surface area contributed by atoms with Gasteiger partial charge in [-0.1, -0.05) is 31.9 Å². The van der Waals surface area contributed by atoms with Crippen molar-refractivity contribution in [3.05, 3.63) is 53.8 Å². The monoisotopic (exact) mass is 425 g/mol. The van der Waals surface area contributed by atoms with Crippen molar-refractivity contribution >= 4 is 0 Å². The van der Waals surface area contributed by atoms with E-state index in [1.165, 1.54) is 44.2 Å². The van der Waals surface area contributed by atoms with Gasteiger partial charge in [0.05, 0.1) is 6.61 Å². The largest absolute Gasteiger partial charge is 0.493 e. The number of nitrogens with zero attached hydrogens (tertiary/aromatic N) is 1. The normalized spacial score (nSPS) is 26.9. The lowest BCUT2D eigenvalue weighted by atomic mass is 9.76. The van der Waals surface area contributed by atoms with E-state index in [4.69, 9.17) is 14.2 Å². The average molecular weight is 426 g/mol. The Hall–Kier alpha value is -2.27. The van der Waals surface area contributed by atoms with Crippen molar-refractivity contribution in [2.24, 2.45) is 5.92 Å². The third-order valence-corrected chi connectivity index (χ3v) is 7.33. The minimum Gasteiger partial charge on any atom is -0.493 e. The second-order valence-corrected chi connectivity index (χ2v) is 9.13. The van der Waals surface area contributed by atoms with Gasteiger partial charge in [0, 0.05) is 24.1 Å². The van der Waals surface area contributed by atoms with Gasteiger partial charge in [-0.05, 0) is 68.0 Å². The highest BCUT2D eigenvalue weighted by Gasteiger charge is 2.47. The number of hydrogen-bond donors (Lipinski definition) is 0. The number of unbranched alkanes of at least 4 members (excludes halogenated alkanes) is 2. The van der Waals surface area contributed by atoms with Gasteiger partial charge in [0.25, 0.3) is 0 Å². The van der Waals surface area contributed by atoms with Crippen molar-refractivity contribution < 1.29 is 18.6 Å². The van der Waals surface area contributed by atoms with E-state index in [1.54, 1.807) is 12.1 Å². The van der Waals surface area contributed by atoms with Crippen LogP contribution in [0.1, 0.15) is 56.9 Å². The summed E-state index contributed by atoms with van der Waals surface area (Å²) < 4.78 is 30.8. The number of benzene rings is 2. The summed E-state index contributed by atoms with van der Waals surface area (Å²) >= 11 is 0. The summed E-state index contributed by atoms with van der Waals surface area (Å²) in [6.45, 7) is 4.37. The Morgan fingerprint density at radius 2 is 1.87 bits per heavy atom. The van der Waals surface area contributed by atoms with Crippen LogP contribution in [0, 0.1) is 11.7 Å². The summed E-state index contributed by atoms with van der Waals surface area (Å²) in [6, 6.07) is 14.1. The first kappa shape index (κ1) is 20.6. The fourth-order valence-corrected chi connectivity index (χ4v) is 5.79. The topological polar surface area (TPSA) is 30.9 Å². The molecule has 0 spiro atoms. The van der Waals surface area contributed by atoms with Gasteiger partial charge in [-0.25, -0.2) is 4.39 Å². The maximum atomic E-state index is 13.6. The number of fused-ring (bicyclic) bond motifs is 3. The first-order valence-electron chi connectivity index (χ1n) is 11.8. The van der Waals surface area contributed by atoms with Crippen LogP contribution in [0.4, 0.5) is 4.39 Å². The zero-order chi connectivity index (χ0) is 21.2. The lowest BCUT2D eigenvalue weighted by Crippen LogP contribution is -2.50. The molecular weight excluding hydrogens is 393 g/mol. The molecule has 0 radical (unpaired) electrons. The van der Waals surface area contributed by atoms with Gasteiger partial charge < -0.3 is 14.2 Å². The minimum atomic E-state index is -0.170. The van der Waals surface area contributed by atoms with Crippen molar-refractivity contribution in [1.29, 1.82) is 0 Å². The highest BCUT2D eigenvalue weighted by atomic mass is 19.1. The molecule has 31 heavy (non-hydrogen) atoms. The minimum absolute atomic E-state index is 0.170. The quantitative estimate of drug-likeness (QED) is 0.503. The summed E-state index contributed by atoms with van der Waals surface area (Å²) in [7, 11) is 0. The van der Waals surface area contributed by atoms with Crippen molar-refractivity contribution in [3.63, 3.8) is 0 Å². The maximum Gasteiger partial charge on any atom is 0.231 e. The first-order valence-corrected chi connectivity index (χ1v) is 11.8. The molecule has 166 valence electrons. The van der Waals surface area contributed by atoms with Gasteiger partial charge in [0.1, 0.15) is 11.6 Å². The summed E-state index contributed by atoms with van der Waals surface area (Å²) in [4.78, 5) is 2.75. The van der Waals surface area contributed by atoms with Crippen LogP contribution < -0.4 is 14.2 Å². The highest BCUT2D eigenvalue weighted by Crippen LogP contribution is 2.47. The second-order valence-electron chi connectivity index (χ2n) is 9.13. The van der Waals surface area contributed by atoms with Crippen LogP contribution in [0.5, 0.6) is 17.2 Å². The highest BCUT2D eigenvalue weighted by molar-refractivity contribution is 5.46. The molecule has 5 rings (SSSR count). The SMILES string of the molecule is CCCCCN1C2CCC1[C@@H](COc1ccc3c(c1)OCO3)[C@H](c1ccc(F)cc1)C2. The average Bonchev–Trinajstić information content (AvgIpc) is 3.36. The van der Waals surface area contributed by atoms with E-state index < -0.39 is 0 Å². The van der Waals surface area contributed by atoms with Crippen LogP contribution >= 0.6 is 0 Å². The third kappa shape index (κ3) is 4.25. The molecule has 0 amide bonds. The molecule has 0 N–H and O–H groups in total. The first-order chi connectivity index (χ1) is 15.2. The molecule has 4 nitrogen and oxygen atoms in total. The van der Waals surface area contributed by atoms with Gasteiger partial charge in [-0.3, -0.25) is 4.90 Å². The van der Waals surface area contributed by atoms with Gasteiger partial charge in [0.15, 0.2) is 11.5 Å². The van der Waals surface area contributed by atoms with E-state index in [-0.39, 0.29) is 12.6 Å². The van der Waals surface area contributed by atoms with E-state index in [0.29, 0.717) is 30.5 Å². The van der Waals surface area contributed by atoms with Crippen molar-refractivity contribution in [2.75, 3.05) is 19.9 Å². The fraction of sp³-hybridized carbons (Fsp3) is 0.538. The Morgan fingerprint density at radius 1 is 1.03 bits per heavy atom. The van der Waals surface area contributed by atoms with Crippen LogP contribution in [-0.4, -0.2) is 36.9 Å². The standard InChI is InChI=1S/C26H32FNO3/c1-2-3-4-13-28-20-9-11-24(28)23(22(14-20)18-5-7-19(27)8-6-18)16-29-21-10-12-25-26(15-21)31-17-30-25/h5-8,10,12,15,20,22-24H,2-4,9,11,13-14,16-17H2,1H3/t20?,22-,23-,24?/m0/s1. The molecule has 2 fully saturated rings. The van der Waals surface area contributed by atoms with Crippen LogP contribution in [0.25, 0.3) is 0 Å². The van der Waals surface area contributed by atoms with E-state index in [1.807, 2.05) is 30.3 Å². The molecule has 2 aromatic rings. The number of piperidine rings is 1. The van der Waals surface area contributed by atoms with Gasteiger partial charge in [-0.15, -0.1) is 0 Å².